The van der Waals surface area contributed by atoms with Crippen molar-refractivity contribution in [2.75, 3.05) is 20.2 Å². The van der Waals surface area contributed by atoms with Crippen LogP contribution in [0.15, 0.2) is 28.8 Å². The zero-order chi connectivity index (χ0) is 17.6. The highest BCUT2D eigenvalue weighted by Crippen LogP contribution is 2.21. The molecule has 0 spiro atoms. The number of rotatable bonds is 7. The first-order valence-electron chi connectivity index (χ1n) is 8.68. The molecule has 0 radical (unpaired) electrons. The summed E-state index contributed by atoms with van der Waals surface area (Å²) in [7, 11) is 1.63. The molecule has 1 amide bonds. The second-order valence-corrected chi connectivity index (χ2v) is 6.21. The Hall–Kier alpha value is -2.41. The SMILES string of the molecule is COc1ccc(-c2noc(CCCC(=O)N3CCCC3CN)n2)cc1. The van der Waals surface area contributed by atoms with Gasteiger partial charge in [-0.25, -0.2) is 0 Å². The zero-order valence-corrected chi connectivity index (χ0v) is 14.5. The molecule has 1 aromatic carbocycles. The highest BCUT2D eigenvalue weighted by molar-refractivity contribution is 5.76. The summed E-state index contributed by atoms with van der Waals surface area (Å²) in [5.74, 6) is 2.05. The maximum atomic E-state index is 12.3. The number of nitrogens with zero attached hydrogens (tertiary/aromatic N) is 3. The number of ether oxygens (including phenoxy) is 1. The molecule has 1 unspecified atom stereocenters. The van der Waals surface area contributed by atoms with Gasteiger partial charge >= 0.3 is 0 Å². The lowest BCUT2D eigenvalue weighted by atomic mass is 10.2. The third kappa shape index (κ3) is 4.17. The van der Waals surface area contributed by atoms with Crippen molar-refractivity contribution in [3.8, 4) is 17.1 Å². The van der Waals surface area contributed by atoms with Crippen molar-refractivity contribution < 1.29 is 14.1 Å². The van der Waals surface area contributed by atoms with E-state index in [0.29, 0.717) is 37.5 Å². The van der Waals surface area contributed by atoms with Crippen molar-refractivity contribution in [3.63, 3.8) is 0 Å². The van der Waals surface area contributed by atoms with Gasteiger partial charge in [0.25, 0.3) is 0 Å². The maximum absolute atomic E-state index is 12.3. The first-order valence-corrected chi connectivity index (χ1v) is 8.68. The van der Waals surface area contributed by atoms with E-state index in [-0.39, 0.29) is 11.9 Å². The van der Waals surface area contributed by atoms with Crippen molar-refractivity contribution in [2.24, 2.45) is 5.73 Å². The van der Waals surface area contributed by atoms with E-state index in [1.54, 1.807) is 7.11 Å². The van der Waals surface area contributed by atoms with E-state index in [4.69, 9.17) is 15.0 Å². The van der Waals surface area contributed by atoms with Crippen molar-refractivity contribution in [3.05, 3.63) is 30.2 Å². The molecule has 2 N–H and O–H groups in total. The summed E-state index contributed by atoms with van der Waals surface area (Å²) in [5, 5.41) is 4.00. The summed E-state index contributed by atoms with van der Waals surface area (Å²) in [5.41, 5.74) is 6.59. The maximum Gasteiger partial charge on any atom is 0.226 e. The number of hydrogen-bond acceptors (Lipinski definition) is 6. The molecule has 1 saturated heterocycles. The lowest BCUT2D eigenvalue weighted by Gasteiger charge is -2.23. The molecule has 7 heteroatoms. The number of hydrogen-bond donors (Lipinski definition) is 1. The van der Waals surface area contributed by atoms with Gasteiger partial charge in [0.1, 0.15) is 5.75 Å². The number of carbonyl (C=O) groups is 1. The average Bonchev–Trinajstić information content (AvgIpc) is 3.31. The summed E-state index contributed by atoms with van der Waals surface area (Å²) >= 11 is 0. The number of nitrogens with two attached hydrogens (primary N) is 1. The smallest absolute Gasteiger partial charge is 0.226 e. The first-order chi connectivity index (χ1) is 12.2. The molecule has 2 heterocycles. The van der Waals surface area contributed by atoms with Crippen LogP contribution < -0.4 is 10.5 Å². The minimum absolute atomic E-state index is 0.169. The molecular weight excluding hydrogens is 320 g/mol. The topological polar surface area (TPSA) is 94.5 Å². The van der Waals surface area contributed by atoms with Crippen LogP contribution in [0, 0.1) is 0 Å². The quantitative estimate of drug-likeness (QED) is 0.826. The van der Waals surface area contributed by atoms with Gasteiger partial charge < -0.3 is 19.9 Å². The number of likely N-dealkylation sites (tertiary alicyclic amines) is 1. The Balaban J connectivity index is 1.50. The molecule has 1 aliphatic heterocycles. The number of aromatic nitrogens is 2. The fraction of sp³-hybridized carbons (Fsp3) is 0.500. The Kier molecular flexibility index (Phi) is 5.65. The molecule has 1 fully saturated rings. The standard InChI is InChI=1S/C18H24N4O3/c1-24-15-9-7-13(8-10-15)18-20-16(25-21-18)5-2-6-17(23)22-11-3-4-14(22)12-19/h7-10,14H,2-6,11-12,19H2,1H3. The highest BCUT2D eigenvalue weighted by Gasteiger charge is 2.26. The molecule has 25 heavy (non-hydrogen) atoms. The van der Waals surface area contributed by atoms with Crippen molar-refractivity contribution >= 4 is 5.91 Å². The molecule has 2 aromatic rings. The van der Waals surface area contributed by atoms with Gasteiger partial charge in [-0.1, -0.05) is 5.16 Å². The zero-order valence-electron chi connectivity index (χ0n) is 14.5. The van der Waals surface area contributed by atoms with E-state index in [2.05, 4.69) is 10.1 Å². The summed E-state index contributed by atoms with van der Waals surface area (Å²) < 4.78 is 10.4. The third-order valence-electron chi connectivity index (χ3n) is 4.57. The van der Waals surface area contributed by atoms with Gasteiger partial charge in [-0.05, 0) is 43.5 Å². The summed E-state index contributed by atoms with van der Waals surface area (Å²) in [6.07, 6.45) is 3.82. The Morgan fingerprint density at radius 1 is 1.40 bits per heavy atom. The van der Waals surface area contributed by atoms with Gasteiger partial charge in [0, 0.05) is 37.5 Å². The molecule has 0 saturated carbocycles. The Bertz CT molecular complexity index is 699. The van der Waals surface area contributed by atoms with Crippen molar-refractivity contribution in [1.29, 1.82) is 0 Å². The monoisotopic (exact) mass is 344 g/mol. The van der Waals surface area contributed by atoms with Crippen LogP contribution in [-0.2, 0) is 11.2 Å². The normalized spacial score (nSPS) is 17.0. The minimum atomic E-state index is 0.169. The van der Waals surface area contributed by atoms with Crippen LogP contribution in [0.25, 0.3) is 11.4 Å². The fourth-order valence-corrected chi connectivity index (χ4v) is 3.16. The lowest BCUT2D eigenvalue weighted by Crippen LogP contribution is -2.39. The molecule has 7 nitrogen and oxygen atoms in total. The van der Waals surface area contributed by atoms with E-state index in [0.717, 1.165) is 30.7 Å². The van der Waals surface area contributed by atoms with Crippen LogP contribution in [0.4, 0.5) is 0 Å². The molecule has 1 atom stereocenters. The highest BCUT2D eigenvalue weighted by atomic mass is 16.5. The van der Waals surface area contributed by atoms with E-state index < -0.39 is 0 Å². The van der Waals surface area contributed by atoms with Crippen molar-refractivity contribution in [1.82, 2.24) is 15.0 Å². The molecule has 3 rings (SSSR count). The van der Waals surface area contributed by atoms with Crippen LogP contribution in [-0.4, -0.2) is 47.2 Å². The molecular formula is C18H24N4O3. The van der Waals surface area contributed by atoms with Gasteiger partial charge in [-0.15, -0.1) is 0 Å². The molecule has 0 bridgehead atoms. The molecule has 134 valence electrons. The first kappa shape index (κ1) is 17.4. The van der Waals surface area contributed by atoms with Crippen LogP contribution in [0.3, 0.4) is 0 Å². The second-order valence-electron chi connectivity index (χ2n) is 6.21. The summed E-state index contributed by atoms with van der Waals surface area (Å²) in [6, 6.07) is 7.69. The molecule has 1 aliphatic rings. The van der Waals surface area contributed by atoms with E-state index in [1.165, 1.54) is 0 Å². The van der Waals surface area contributed by atoms with Gasteiger partial charge in [0.2, 0.25) is 17.6 Å². The second kappa shape index (κ2) is 8.11. The Labute approximate surface area is 147 Å². The van der Waals surface area contributed by atoms with Gasteiger partial charge in [-0.3, -0.25) is 4.79 Å². The van der Waals surface area contributed by atoms with Crippen molar-refractivity contribution in [2.45, 2.75) is 38.1 Å². The Morgan fingerprint density at radius 3 is 2.92 bits per heavy atom. The number of aryl methyl sites for hydroxylation is 1. The number of carbonyl (C=O) groups excluding carboxylic acids is 1. The van der Waals surface area contributed by atoms with E-state index in [1.807, 2.05) is 29.2 Å². The van der Waals surface area contributed by atoms with E-state index in [9.17, 15) is 4.79 Å². The lowest BCUT2D eigenvalue weighted by molar-refractivity contribution is -0.131. The number of benzene rings is 1. The van der Waals surface area contributed by atoms with Gasteiger partial charge in [0.15, 0.2) is 0 Å². The predicted octanol–water partition coefficient (Wildman–Crippen LogP) is 2.02. The number of methoxy groups -OCH3 is 1. The van der Waals surface area contributed by atoms with Gasteiger partial charge in [-0.2, -0.15) is 4.98 Å². The third-order valence-corrected chi connectivity index (χ3v) is 4.57. The van der Waals surface area contributed by atoms with Crippen LogP contribution in [0.2, 0.25) is 0 Å². The Morgan fingerprint density at radius 2 is 2.20 bits per heavy atom. The largest absolute Gasteiger partial charge is 0.497 e. The van der Waals surface area contributed by atoms with Gasteiger partial charge in [0.05, 0.1) is 7.11 Å². The fourth-order valence-electron chi connectivity index (χ4n) is 3.16. The number of amides is 1. The van der Waals surface area contributed by atoms with Crippen LogP contribution in [0.5, 0.6) is 5.75 Å². The molecule has 0 aliphatic carbocycles. The van der Waals surface area contributed by atoms with Crippen LogP contribution in [0.1, 0.15) is 31.6 Å². The summed E-state index contributed by atoms with van der Waals surface area (Å²) in [6.45, 7) is 1.36. The van der Waals surface area contributed by atoms with E-state index >= 15 is 0 Å². The average molecular weight is 344 g/mol. The molecule has 1 aromatic heterocycles. The van der Waals surface area contributed by atoms with Crippen LogP contribution >= 0.6 is 0 Å². The minimum Gasteiger partial charge on any atom is -0.497 e. The predicted molar refractivity (Wildman–Crippen MR) is 93.0 cm³/mol. The summed E-state index contributed by atoms with van der Waals surface area (Å²) in [4.78, 5) is 18.6.